The molecule has 0 aliphatic carbocycles. The zero-order valence-electron chi connectivity index (χ0n) is 31.0. The third-order valence-corrected chi connectivity index (χ3v) is 9.54. The van der Waals surface area contributed by atoms with Gasteiger partial charge in [0.15, 0.2) is 6.29 Å². The number of allylic oxidation sites excluding steroid dienone is 3. The summed E-state index contributed by atoms with van der Waals surface area (Å²) in [4.78, 5) is 13.0. The van der Waals surface area contributed by atoms with Gasteiger partial charge in [0, 0.05) is 0 Å². The number of aliphatic hydroxyl groups is 5. The minimum absolute atomic E-state index is 0.239. The molecule has 0 radical (unpaired) electrons. The van der Waals surface area contributed by atoms with E-state index < -0.39 is 78.5 Å². The molecule has 0 spiro atoms. The monoisotopic (exact) mass is 751 g/mol. The van der Waals surface area contributed by atoms with Crippen molar-refractivity contribution in [2.24, 2.45) is 0 Å². The van der Waals surface area contributed by atoms with E-state index in [2.05, 4.69) is 29.4 Å². The van der Waals surface area contributed by atoms with Crippen LogP contribution in [0, 0.1) is 0 Å². The molecule has 1 aliphatic rings. The molecule has 14 heteroatoms. The van der Waals surface area contributed by atoms with Gasteiger partial charge in [-0.1, -0.05) is 141 Å². The molecule has 0 aromatic carbocycles. The summed E-state index contributed by atoms with van der Waals surface area (Å²) < 4.78 is 47.1. The molecule has 8 atom stereocenters. The van der Waals surface area contributed by atoms with E-state index in [9.17, 15) is 38.7 Å². The number of aliphatic hydroxyl groups excluding tert-OH is 5. The molecule has 1 rings (SSSR count). The van der Waals surface area contributed by atoms with E-state index in [-0.39, 0.29) is 6.42 Å². The Morgan fingerprint density at radius 2 is 1.31 bits per heavy atom. The molecule has 51 heavy (non-hydrogen) atoms. The van der Waals surface area contributed by atoms with Crippen molar-refractivity contribution in [2.75, 3.05) is 13.2 Å². The highest BCUT2D eigenvalue weighted by molar-refractivity contribution is 7.80. The van der Waals surface area contributed by atoms with Gasteiger partial charge in [-0.25, -0.2) is 4.18 Å². The summed E-state index contributed by atoms with van der Waals surface area (Å²) in [5, 5.41) is 54.6. The van der Waals surface area contributed by atoms with Gasteiger partial charge >= 0.3 is 10.4 Å². The normalized spacial score (nSPS) is 23.2. The molecule has 1 heterocycles. The Labute approximate surface area is 306 Å². The van der Waals surface area contributed by atoms with E-state index in [1.807, 2.05) is 6.08 Å². The van der Waals surface area contributed by atoms with Crippen LogP contribution in [0.2, 0.25) is 0 Å². The summed E-state index contributed by atoms with van der Waals surface area (Å²) in [7, 11) is -5.11. The number of rotatable bonds is 31. The predicted octanol–water partition coefficient (Wildman–Crippen LogP) is 4.79. The molecule has 300 valence electrons. The highest BCUT2D eigenvalue weighted by Gasteiger charge is 2.48. The number of carbonyl (C=O) groups excluding carboxylic acids is 1. The lowest BCUT2D eigenvalue weighted by atomic mass is 9.99. The van der Waals surface area contributed by atoms with Crippen LogP contribution in [0.1, 0.15) is 142 Å². The van der Waals surface area contributed by atoms with Gasteiger partial charge in [0.25, 0.3) is 0 Å². The summed E-state index contributed by atoms with van der Waals surface area (Å²) in [5.41, 5.74) is 0. The third-order valence-electron chi connectivity index (χ3n) is 9.07. The van der Waals surface area contributed by atoms with Crippen LogP contribution in [0.4, 0.5) is 0 Å². The first-order chi connectivity index (χ1) is 24.4. The second kappa shape index (κ2) is 29.0. The van der Waals surface area contributed by atoms with Gasteiger partial charge in [0.2, 0.25) is 5.91 Å². The van der Waals surface area contributed by atoms with Crippen molar-refractivity contribution in [3.05, 3.63) is 24.3 Å². The summed E-state index contributed by atoms with van der Waals surface area (Å²) in [5.74, 6) is -0.717. The predicted molar refractivity (Wildman–Crippen MR) is 196 cm³/mol. The van der Waals surface area contributed by atoms with E-state index in [0.29, 0.717) is 12.8 Å². The summed E-state index contributed by atoms with van der Waals surface area (Å²) >= 11 is 0. The van der Waals surface area contributed by atoms with Crippen molar-refractivity contribution in [3.63, 3.8) is 0 Å². The maximum absolute atomic E-state index is 13.0. The van der Waals surface area contributed by atoms with E-state index in [1.54, 1.807) is 6.08 Å². The second-order valence-corrected chi connectivity index (χ2v) is 14.7. The van der Waals surface area contributed by atoms with Crippen LogP contribution in [-0.4, -0.2) is 107 Å². The second-order valence-electron chi connectivity index (χ2n) is 13.7. The van der Waals surface area contributed by atoms with Crippen molar-refractivity contribution in [1.29, 1.82) is 0 Å². The lowest BCUT2D eigenvalue weighted by Crippen LogP contribution is -2.61. The van der Waals surface area contributed by atoms with Crippen LogP contribution in [-0.2, 0) is 28.9 Å². The first-order valence-electron chi connectivity index (χ1n) is 19.3. The Kier molecular flexibility index (Phi) is 27.0. The maximum atomic E-state index is 13.0. The minimum atomic E-state index is -5.11. The van der Waals surface area contributed by atoms with E-state index in [1.165, 1.54) is 76.7 Å². The number of nitrogens with one attached hydrogen (secondary N) is 1. The van der Waals surface area contributed by atoms with Crippen LogP contribution in [0.5, 0.6) is 0 Å². The molecule has 1 amide bonds. The summed E-state index contributed by atoms with van der Waals surface area (Å²) in [6, 6.07) is -1.13. The zero-order valence-corrected chi connectivity index (χ0v) is 31.8. The highest BCUT2D eigenvalue weighted by Crippen LogP contribution is 2.26. The highest BCUT2D eigenvalue weighted by atomic mass is 32.3. The number of hydrogen-bond donors (Lipinski definition) is 7. The van der Waals surface area contributed by atoms with Gasteiger partial charge in [0.05, 0.1) is 25.4 Å². The van der Waals surface area contributed by atoms with Crippen LogP contribution in [0.25, 0.3) is 0 Å². The third kappa shape index (κ3) is 22.4. The smallest absolute Gasteiger partial charge is 0.394 e. The fraction of sp³-hybridized carbons (Fsp3) is 0.865. The van der Waals surface area contributed by atoms with Gasteiger partial charge in [0.1, 0.15) is 30.5 Å². The Bertz CT molecular complexity index is 1040. The van der Waals surface area contributed by atoms with Crippen molar-refractivity contribution >= 4 is 16.3 Å². The SMILES string of the molecule is CCC/C=C/CC/C=C/C(O)C(COC1OC(CO)C(O)C(OS(=O)(=O)O)C1O)NC(=O)C(O)CCCCCCCCCCCCCCCCC. The van der Waals surface area contributed by atoms with Crippen molar-refractivity contribution < 1.29 is 57.0 Å². The molecule has 1 fully saturated rings. The lowest BCUT2D eigenvalue weighted by molar-refractivity contribution is -0.298. The van der Waals surface area contributed by atoms with Crippen LogP contribution < -0.4 is 5.32 Å². The van der Waals surface area contributed by atoms with Crippen molar-refractivity contribution in [1.82, 2.24) is 5.32 Å². The molecule has 0 aromatic heterocycles. The Hall–Kier alpha value is -1.46. The van der Waals surface area contributed by atoms with Gasteiger partial charge in [-0.15, -0.1) is 0 Å². The molecule has 7 N–H and O–H groups in total. The minimum Gasteiger partial charge on any atom is -0.394 e. The molecule has 0 saturated carbocycles. The lowest BCUT2D eigenvalue weighted by Gasteiger charge is -2.41. The van der Waals surface area contributed by atoms with Crippen LogP contribution in [0.15, 0.2) is 24.3 Å². The fourth-order valence-electron chi connectivity index (χ4n) is 5.95. The maximum Gasteiger partial charge on any atom is 0.397 e. The molecule has 0 aromatic rings. The van der Waals surface area contributed by atoms with Gasteiger partial charge in [-0.3, -0.25) is 9.35 Å². The van der Waals surface area contributed by atoms with Gasteiger partial charge < -0.3 is 40.3 Å². The molecule has 1 saturated heterocycles. The van der Waals surface area contributed by atoms with Crippen molar-refractivity contribution in [2.45, 2.75) is 191 Å². The molecule has 0 bridgehead atoms. The first-order valence-corrected chi connectivity index (χ1v) is 20.7. The number of ether oxygens (including phenoxy) is 2. The summed E-state index contributed by atoms with van der Waals surface area (Å²) in [6.07, 6.45) is 17.5. The number of amides is 1. The van der Waals surface area contributed by atoms with Gasteiger partial charge in [-0.05, 0) is 25.7 Å². The molecule has 13 nitrogen and oxygen atoms in total. The van der Waals surface area contributed by atoms with E-state index in [4.69, 9.17) is 14.0 Å². The average molecular weight is 752 g/mol. The van der Waals surface area contributed by atoms with E-state index in [0.717, 1.165) is 38.5 Å². The number of unbranched alkanes of at least 4 members (excludes halogenated alkanes) is 16. The largest absolute Gasteiger partial charge is 0.397 e. The number of hydrogen-bond acceptors (Lipinski definition) is 11. The quantitative estimate of drug-likeness (QED) is 0.0290. The Balaban J connectivity index is 2.61. The molecular formula is C37H69NO12S. The van der Waals surface area contributed by atoms with E-state index >= 15 is 0 Å². The topological polar surface area (TPSA) is 212 Å². The van der Waals surface area contributed by atoms with Crippen LogP contribution >= 0.6 is 0 Å². The van der Waals surface area contributed by atoms with Gasteiger partial charge in [-0.2, -0.15) is 8.42 Å². The Morgan fingerprint density at radius 1 is 0.784 bits per heavy atom. The van der Waals surface area contributed by atoms with Crippen molar-refractivity contribution in [3.8, 4) is 0 Å². The standard InChI is InChI=1S/C37H69NO12S/c1-3-5-7-9-11-12-13-14-15-16-17-18-20-22-24-26-31(41)36(44)38-29(30(40)25-23-21-19-10-8-6-4-2)28-48-37-34(43)35(50-51(45,46)47)33(42)32(27-39)49-37/h8,10,23,25,29-35,37,39-43H,3-7,9,11-22,24,26-28H2,1-2H3,(H,38,44)(H,45,46,47)/b10-8+,25-23+. The fourth-order valence-corrected chi connectivity index (χ4v) is 6.46. The van der Waals surface area contributed by atoms with Crippen LogP contribution in [0.3, 0.4) is 0 Å². The Morgan fingerprint density at radius 3 is 1.84 bits per heavy atom. The molecule has 8 unspecified atom stereocenters. The molecule has 1 aliphatic heterocycles. The number of carbonyl (C=O) groups is 1. The molecular weight excluding hydrogens is 682 g/mol. The first kappa shape index (κ1) is 47.6. The average Bonchev–Trinajstić information content (AvgIpc) is 3.09. The summed E-state index contributed by atoms with van der Waals surface area (Å²) in [6.45, 7) is 3.04. The zero-order chi connectivity index (χ0) is 37.9.